The van der Waals surface area contributed by atoms with Gasteiger partial charge in [-0.1, -0.05) is 13.8 Å². The van der Waals surface area contributed by atoms with E-state index in [1.165, 1.54) is 0 Å². The lowest BCUT2D eigenvalue weighted by atomic mass is 10.2. The molecule has 1 aromatic heterocycles. The molecule has 0 saturated carbocycles. The number of nitriles is 1. The minimum absolute atomic E-state index is 0.0893. The van der Waals surface area contributed by atoms with Gasteiger partial charge in [-0.3, -0.25) is 0 Å². The Bertz CT molecular complexity index is 775. The summed E-state index contributed by atoms with van der Waals surface area (Å²) in [5.41, 5.74) is 3.73. The monoisotopic (exact) mass is 342 g/mol. The van der Waals surface area contributed by atoms with Gasteiger partial charge in [-0.25, -0.2) is 10.4 Å². The first-order valence-electron chi connectivity index (χ1n) is 8.18. The standard InChI is InChI=1S/C18H22N4O3/c1-5-23-15-8-7-13(9-16(15)24-6-2)11-20-22-18-14(10-19)21-17(25-18)12(3)4/h7-9,11-12,22H,5-6H2,1-4H3/b20-11+. The van der Waals surface area contributed by atoms with Crippen LogP contribution >= 0.6 is 0 Å². The van der Waals surface area contributed by atoms with Crippen LogP contribution in [0.25, 0.3) is 0 Å². The van der Waals surface area contributed by atoms with Crippen molar-refractivity contribution >= 4 is 12.1 Å². The maximum Gasteiger partial charge on any atom is 0.252 e. The summed E-state index contributed by atoms with van der Waals surface area (Å²) < 4.78 is 16.6. The summed E-state index contributed by atoms with van der Waals surface area (Å²) in [6, 6.07) is 7.53. The number of nitrogens with one attached hydrogen (secondary N) is 1. The molecule has 0 bridgehead atoms. The first-order chi connectivity index (χ1) is 12.1. The second-order valence-corrected chi connectivity index (χ2v) is 5.44. The first kappa shape index (κ1) is 18.3. The number of nitrogens with zero attached hydrogens (tertiary/aromatic N) is 3. The minimum atomic E-state index is 0.0893. The third kappa shape index (κ3) is 4.73. The van der Waals surface area contributed by atoms with Gasteiger partial charge in [0.25, 0.3) is 5.88 Å². The molecule has 25 heavy (non-hydrogen) atoms. The Morgan fingerprint density at radius 3 is 2.64 bits per heavy atom. The third-order valence-electron chi connectivity index (χ3n) is 3.19. The van der Waals surface area contributed by atoms with Crippen molar-refractivity contribution in [2.75, 3.05) is 18.6 Å². The summed E-state index contributed by atoms with van der Waals surface area (Å²) in [5, 5.41) is 13.2. The largest absolute Gasteiger partial charge is 0.490 e. The number of hydrogen-bond acceptors (Lipinski definition) is 7. The van der Waals surface area contributed by atoms with E-state index < -0.39 is 0 Å². The van der Waals surface area contributed by atoms with Crippen molar-refractivity contribution < 1.29 is 13.9 Å². The second-order valence-electron chi connectivity index (χ2n) is 5.44. The van der Waals surface area contributed by atoms with Crippen LogP contribution in [0.4, 0.5) is 5.88 Å². The fourth-order valence-corrected chi connectivity index (χ4v) is 2.05. The van der Waals surface area contributed by atoms with E-state index in [0.717, 1.165) is 5.56 Å². The molecule has 7 nitrogen and oxygen atoms in total. The topological polar surface area (TPSA) is 92.7 Å². The molecule has 2 rings (SSSR count). The minimum Gasteiger partial charge on any atom is -0.490 e. The van der Waals surface area contributed by atoms with Crippen molar-refractivity contribution in [3.05, 3.63) is 35.3 Å². The number of aromatic nitrogens is 1. The van der Waals surface area contributed by atoms with Crippen molar-refractivity contribution in [2.24, 2.45) is 5.10 Å². The van der Waals surface area contributed by atoms with Crippen LogP contribution in [0, 0.1) is 11.3 Å². The van der Waals surface area contributed by atoms with Gasteiger partial charge in [-0.15, -0.1) is 0 Å². The van der Waals surface area contributed by atoms with Crippen LogP contribution in [0.2, 0.25) is 0 Å². The highest BCUT2D eigenvalue weighted by atomic mass is 16.5. The smallest absolute Gasteiger partial charge is 0.252 e. The van der Waals surface area contributed by atoms with Gasteiger partial charge in [-0.05, 0) is 37.6 Å². The Hall–Kier alpha value is -3.01. The number of oxazole rings is 1. The molecule has 0 aliphatic rings. The van der Waals surface area contributed by atoms with E-state index in [1.807, 2.05) is 52.0 Å². The van der Waals surface area contributed by atoms with Gasteiger partial charge in [0.05, 0.1) is 19.4 Å². The van der Waals surface area contributed by atoms with E-state index in [1.54, 1.807) is 6.21 Å². The molecule has 0 atom stereocenters. The molecule has 0 aliphatic carbocycles. The molecule has 2 aromatic rings. The van der Waals surface area contributed by atoms with Crippen LogP contribution in [0.5, 0.6) is 11.5 Å². The molecule has 0 fully saturated rings. The summed E-state index contributed by atoms with van der Waals surface area (Å²) in [4.78, 5) is 4.12. The summed E-state index contributed by atoms with van der Waals surface area (Å²) in [6.07, 6.45) is 1.61. The Labute approximate surface area is 147 Å². The van der Waals surface area contributed by atoms with E-state index in [0.29, 0.717) is 30.6 Å². The van der Waals surface area contributed by atoms with Gasteiger partial charge < -0.3 is 13.9 Å². The van der Waals surface area contributed by atoms with Crippen LogP contribution in [-0.4, -0.2) is 24.4 Å². The molecule has 0 radical (unpaired) electrons. The lowest BCUT2D eigenvalue weighted by molar-refractivity contribution is 0.288. The van der Waals surface area contributed by atoms with Crippen molar-refractivity contribution in [3.8, 4) is 17.6 Å². The molecule has 132 valence electrons. The van der Waals surface area contributed by atoms with Gasteiger partial charge in [0, 0.05) is 5.92 Å². The van der Waals surface area contributed by atoms with Crippen LogP contribution in [0.15, 0.2) is 27.7 Å². The van der Waals surface area contributed by atoms with Crippen LogP contribution in [-0.2, 0) is 0 Å². The molecular formula is C18H22N4O3. The fourth-order valence-electron chi connectivity index (χ4n) is 2.05. The lowest BCUT2D eigenvalue weighted by Crippen LogP contribution is -1.99. The average Bonchev–Trinajstić information content (AvgIpc) is 3.01. The molecule has 0 amide bonds. The highest BCUT2D eigenvalue weighted by Gasteiger charge is 2.14. The quantitative estimate of drug-likeness (QED) is 0.577. The average molecular weight is 342 g/mol. The van der Waals surface area contributed by atoms with Crippen molar-refractivity contribution in [3.63, 3.8) is 0 Å². The van der Waals surface area contributed by atoms with E-state index in [-0.39, 0.29) is 17.5 Å². The highest BCUT2D eigenvalue weighted by molar-refractivity contribution is 5.81. The third-order valence-corrected chi connectivity index (χ3v) is 3.19. The Morgan fingerprint density at radius 2 is 2.00 bits per heavy atom. The number of benzene rings is 1. The Balaban J connectivity index is 2.14. The summed E-state index contributed by atoms with van der Waals surface area (Å²) >= 11 is 0. The highest BCUT2D eigenvalue weighted by Crippen LogP contribution is 2.28. The molecule has 1 aromatic carbocycles. The summed E-state index contributed by atoms with van der Waals surface area (Å²) in [7, 11) is 0. The van der Waals surface area contributed by atoms with E-state index in [2.05, 4.69) is 15.5 Å². The Kier molecular flexibility index (Phi) is 6.40. The van der Waals surface area contributed by atoms with E-state index >= 15 is 0 Å². The maximum atomic E-state index is 9.11. The molecule has 0 spiro atoms. The van der Waals surface area contributed by atoms with Gasteiger partial charge >= 0.3 is 0 Å². The zero-order valence-electron chi connectivity index (χ0n) is 14.9. The van der Waals surface area contributed by atoms with Crippen LogP contribution in [0.3, 0.4) is 0 Å². The summed E-state index contributed by atoms with van der Waals surface area (Å²) in [6.45, 7) is 8.82. The fraction of sp³-hybridized carbons (Fsp3) is 0.389. The normalized spacial score (nSPS) is 10.9. The summed E-state index contributed by atoms with van der Waals surface area (Å²) in [5.74, 6) is 2.17. The molecule has 0 aliphatic heterocycles. The number of rotatable bonds is 8. The Morgan fingerprint density at radius 1 is 1.28 bits per heavy atom. The number of hydrazone groups is 1. The maximum absolute atomic E-state index is 9.11. The molecule has 0 unspecified atom stereocenters. The van der Waals surface area contributed by atoms with Gasteiger partial charge in [-0.2, -0.15) is 10.4 Å². The zero-order valence-corrected chi connectivity index (χ0v) is 14.9. The predicted octanol–water partition coefficient (Wildman–Crippen LogP) is 3.91. The number of anilines is 1. The molecule has 1 heterocycles. The predicted molar refractivity (Wildman–Crippen MR) is 95.3 cm³/mol. The van der Waals surface area contributed by atoms with Crippen molar-refractivity contribution in [1.82, 2.24) is 4.98 Å². The molecular weight excluding hydrogens is 320 g/mol. The van der Waals surface area contributed by atoms with Crippen LogP contribution < -0.4 is 14.9 Å². The SMILES string of the molecule is CCOc1ccc(/C=N/Nc2oc(C(C)C)nc2C#N)cc1OCC. The molecule has 0 saturated heterocycles. The first-order valence-corrected chi connectivity index (χ1v) is 8.18. The molecule has 7 heteroatoms. The van der Waals surface area contributed by atoms with E-state index in [9.17, 15) is 0 Å². The van der Waals surface area contributed by atoms with Crippen LogP contribution in [0.1, 0.15) is 50.8 Å². The van der Waals surface area contributed by atoms with Crippen molar-refractivity contribution in [1.29, 1.82) is 5.26 Å². The van der Waals surface area contributed by atoms with Gasteiger partial charge in [0.1, 0.15) is 6.07 Å². The number of hydrogen-bond donors (Lipinski definition) is 1. The zero-order chi connectivity index (χ0) is 18.2. The lowest BCUT2D eigenvalue weighted by Gasteiger charge is -2.11. The van der Waals surface area contributed by atoms with Crippen molar-refractivity contribution in [2.45, 2.75) is 33.6 Å². The second kappa shape index (κ2) is 8.73. The van der Waals surface area contributed by atoms with Gasteiger partial charge in [0.15, 0.2) is 11.5 Å². The molecule has 1 N–H and O–H groups in total. The van der Waals surface area contributed by atoms with E-state index in [4.69, 9.17) is 19.2 Å². The van der Waals surface area contributed by atoms with Gasteiger partial charge in [0.2, 0.25) is 11.6 Å². The number of ether oxygens (including phenoxy) is 2.